The molecule has 0 aromatic heterocycles. The Kier molecular flexibility index (Phi) is 2.55. The number of carbonyl (C=O) groups is 2. The molecule has 3 N–H and O–H groups in total. The number of fused-ring (bicyclic) bond motifs is 1. The second-order valence-corrected chi connectivity index (χ2v) is 4.82. The quantitative estimate of drug-likeness (QED) is 0.530. The number of β-lactam (4-membered cyclic amide) rings is 1. The van der Waals surface area contributed by atoms with E-state index in [1.54, 1.807) is 6.20 Å². The van der Waals surface area contributed by atoms with Gasteiger partial charge in [0, 0.05) is 12.0 Å². The highest BCUT2D eigenvalue weighted by Gasteiger charge is 2.64. The Labute approximate surface area is 97.0 Å². The van der Waals surface area contributed by atoms with Crippen LogP contribution < -0.4 is 5.73 Å². The molecule has 16 heavy (non-hydrogen) atoms. The highest BCUT2D eigenvalue weighted by Crippen LogP contribution is 2.41. The lowest BCUT2D eigenvalue weighted by Crippen LogP contribution is -2.79. The summed E-state index contributed by atoms with van der Waals surface area (Å²) in [6.45, 7) is 1.89. The molecular formula is C10H12N2O3S. The second-order valence-electron chi connectivity index (χ2n) is 3.75. The maximum atomic E-state index is 11.6. The third-order valence-electron chi connectivity index (χ3n) is 2.68. The first kappa shape index (κ1) is 11.2. The van der Waals surface area contributed by atoms with Crippen LogP contribution in [-0.4, -0.2) is 38.5 Å². The third-order valence-corrected chi connectivity index (χ3v) is 4.09. The maximum Gasteiger partial charge on any atom is 0.336 e. The van der Waals surface area contributed by atoms with Crippen LogP contribution in [0, 0.1) is 0 Å². The van der Waals surface area contributed by atoms with Gasteiger partial charge in [0.05, 0.1) is 0 Å². The van der Waals surface area contributed by atoms with E-state index < -0.39 is 22.8 Å². The van der Waals surface area contributed by atoms with Crippen molar-refractivity contribution in [1.29, 1.82) is 0 Å². The number of carboxylic acids is 1. The lowest BCUT2D eigenvalue weighted by molar-refractivity contribution is -0.164. The number of rotatable bonds is 2. The van der Waals surface area contributed by atoms with Gasteiger partial charge in [-0.25, -0.2) is 4.79 Å². The number of carbonyl (C=O) groups excluding carboxylic acids is 1. The molecule has 0 spiro atoms. The van der Waals surface area contributed by atoms with Crippen LogP contribution >= 0.6 is 11.8 Å². The number of hydrogen-bond donors (Lipinski definition) is 2. The van der Waals surface area contributed by atoms with Gasteiger partial charge in [-0.1, -0.05) is 12.2 Å². The molecule has 0 saturated carbocycles. The predicted molar refractivity (Wildman–Crippen MR) is 60.5 cm³/mol. The molecule has 6 heteroatoms. The number of thioether (sulfide) groups is 1. The SMILES string of the molecule is CC=CC1=CN2C(=O)C(N)(C(=O)O)[C@@H]2SC1. The van der Waals surface area contributed by atoms with Crippen LogP contribution in [0.15, 0.2) is 23.9 Å². The Bertz CT molecular complexity index is 418. The maximum absolute atomic E-state index is 11.6. The van der Waals surface area contributed by atoms with E-state index in [1.807, 2.05) is 19.1 Å². The van der Waals surface area contributed by atoms with Crippen molar-refractivity contribution in [3.05, 3.63) is 23.9 Å². The summed E-state index contributed by atoms with van der Waals surface area (Å²) in [7, 11) is 0. The van der Waals surface area contributed by atoms with E-state index >= 15 is 0 Å². The van der Waals surface area contributed by atoms with Crippen molar-refractivity contribution in [1.82, 2.24) is 4.90 Å². The first-order chi connectivity index (χ1) is 7.51. The van der Waals surface area contributed by atoms with Gasteiger partial charge in [0.15, 0.2) is 0 Å². The summed E-state index contributed by atoms with van der Waals surface area (Å²) in [5, 5.41) is 8.47. The number of carboxylic acid groups (broad SMARTS) is 1. The van der Waals surface area contributed by atoms with Crippen LogP contribution in [0.2, 0.25) is 0 Å². The molecule has 0 bridgehead atoms. The lowest BCUT2D eigenvalue weighted by Gasteiger charge is -2.51. The number of allylic oxidation sites excluding steroid dienone is 2. The van der Waals surface area contributed by atoms with Crippen molar-refractivity contribution in [3.8, 4) is 0 Å². The Morgan fingerprint density at radius 1 is 1.81 bits per heavy atom. The van der Waals surface area contributed by atoms with Crippen molar-refractivity contribution in [2.24, 2.45) is 5.73 Å². The molecule has 5 nitrogen and oxygen atoms in total. The number of hydrogen-bond acceptors (Lipinski definition) is 4. The van der Waals surface area contributed by atoms with Crippen LogP contribution in [0.25, 0.3) is 0 Å². The van der Waals surface area contributed by atoms with Crippen molar-refractivity contribution < 1.29 is 14.7 Å². The molecule has 86 valence electrons. The van der Waals surface area contributed by atoms with Gasteiger partial charge < -0.3 is 15.7 Å². The monoisotopic (exact) mass is 240 g/mol. The standard InChI is InChI=1S/C10H12N2O3S/c1-2-3-6-4-12-7(13)10(11,9(14)15)8(12)16-5-6/h2-4,8H,5,11H2,1H3,(H,14,15)/t8-,10?/m0/s1. The summed E-state index contributed by atoms with van der Waals surface area (Å²) >= 11 is 1.38. The molecule has 1 saturated heterocycles. The van der Waals surface area contributed by atoms with Gasteiger partial charge in [0.1, 0.15) is 5.37 Å². The van der Waals surface area contributed by atoms with E-state index in [-0.39, 0.29) is 0 Å². The van der Waals surface area contributed by atoms with Crippen LogP contribution in [-0.2, 0) is 9.59 Å². The summed E-state index contributed by atoms with van der Waals surface area (Å²) in [6.07, 6.45) is 5.45. The van der Waals surface area contributed by atoms with Gasteiger partial charge in [-0.2, -0.15) is 0 Å². The zero-order valence-electron chi connectivity index (χ0n) is 8.71. The van der Waals surface area contributed by atoms with E-state index in [0.717, 1.165) is 5.57 Å². The van der Waals surface area contributed by atoms with Gasteiger partial charge in [-0.15, -0.1) is 11.8 Å². The molecule has 1 unspecified atom stereocenters. The molecule has 0 radical (unpaired) electrons. The summed E-state index contributed by atoms with van der Waals surface area (Å²) in [6, 6.07) is 0. The largest absolute Gasteiger partial charge is 0.479 e. The minimum Gasteiger partial charge on any atom is -0.479 e. The molecule has 2 rings (SSSR count). The number of nitrogens with zero attached hydrogens (tertiary/aromatic N) is 1. The number of amides is 1. The highest BCUT2D eigenvalue weighted by molar-refractivity contribution is 8.00. The van der Waals surface area contributed by atoms with Gasteiger partial charge >= 0.3 is 5.97 Å². The predicted octanol–water partition coefficient (Wildman–Crippen LogP) is 0.144. The molecule has 2 aliphatic rings. The molecule has 2 atom stereocenters. The van der Waals surface area contributed by atoms with E-state index in [1.165, 1.54) is 16.7 Å². The van der Waals surface area contributed by atoms with Crippen molar-refractivity contribution in [2.45, 2.75) is 17.8 Å². The fourth-order valence-corrected chi connectivity index (χ4v) is 3.11. The normalized spacial score (nSPS) is 33.4. The smallest absolute Gasteiger partial charge is 0.336 e. The van der Waals surface area contributed by atoms with Gasteiger partial charge in [-0.05, 0) is 12.5 Å². The molecule has 2 aliphatic heterocycles. The van der Waals surface area contributed by atoms with E-state index in [2.05, 4.69) is 0 Å². The minimum atomic E-state index is -1.75. The van der Waals surface area contributed by atoms with Crippen LogP contribution in [0.1, 0.15) is 6.92 Å². The highest BCUT2D eigenvalue weighted by atomic mass is 32.2. The Balaban J connectivity index is 2.25. The molecule has 0 aromatic rings. The summed E-state index contributed by atoms with van der Waals surface area (Å²) in [5.74, 6) is -1.13. The molecule has 0 aliphatic carbocycles. The molecule has 1 fully saturated rings. The average Bonchev–Trinajstić information content (AvgIpc) is 2.27. The number of aliphatic carboxylic acids is 1. The molecule has 1 amide bonds. The van der Waals surface area contributed by atoms with E-state index in [0.29, 0.717) is 5.75 Å². The van der Waals surface area contributed by atoms with E-state index in [4.69, 9.17) is 10.8 Å². The average molecular weight is 240 g/mol. The van der Waals surface area contributed by atoms with Crippen LogP contribution in [0.4, 0.5) is 0 Å². The zero-order valence-corrected chi connectivity index (χ0v) is 9.53. The van der Waals surface area contributed by atoms with Crippen molar-refractivity contribution in [3.63, 3.8) is 0 Å². The third kappa shape index (κ3) is 1.30. The summed E-state index contributed by atoms with van der Waals surface area (Å²) in [4.78, 5) is 24.0. The van der Waals surface area contributed by atoms with E-state index in [9.17, 15) is 9.59 Å². The molecular weight excluding hydrogens is 228 g/mol. The Hall–Kier alpha value is -1.27. The van der Waals surface area contributed by atoms with Crippen molar-refractivity contribution in [2.75, 3.05) is 5.75 Å². The fraction of sp³-hybridized carbons (Fsp3) is 0.400. The Morgan fingerprint density at radius 2 is 2.50 bits per heavy atom. The van der Waals surface area contributed by atoms with Crippen molar-refractivity contribution >= 4 is 23.6 Å². The zero-order chi connectivity index (χ0) is 11.9. The summed E-state index contributed by atoms with van der Waals surface area (Å²) in [5.41, 5.74) is 4.85. The topological polar surface area (TPSA) is 83.6 Å². The lowest BCUT2D eigenvalue weighted by atomic mass is 9.89. The molecule has 0 aromatic carbocycles. The first-order valence-electron chi connectivity index (χ1n) is 4.82. The second kappa shape index (κ2) is 3.64. The Morgan fingerprint density at radius 3 is 3.06 bits per heavy atom. The first-order valence-corrected chi connectivity index (χ1v) is 5.86. The van der Waals surface area contributed by atoms with Crippen LogP contribution in [0.5, 0.6) is 0 Å². The minimum absolute atomic E-state index is 0.480. The van der Waals surface area contributed by atoms with Gasteiger partial charge in [0.2, 0.25) is 5.54 Å². The number of nitrogens with two attached hydrogens (primary N) is 1. The van der Waals surface area contributed by atoms with Gasteiger partial charge in [-0.3, -0.25) is 4.79 Å². The summed E-state index contributed by atoms with van der Waals surface area (Å²) < 4.78 is 0. The van der Waals surface area contributed by atoms with Crippen LogP contribution in [0.3, 0.4) is 0 Å². The van der Waals surface area contributed by atoms with Gasteiger partial charge in [0.25, 0.3) is 5.91 Å². The molecule has 2 heterocycles. The fourth-order valence-electron chi connectivity index (χ4n) is 1.81.